The van der Waals surface area contributed by atoms with Gasteiger partial charge in [-0.15, -0.1) is 6.58 Å². The second-order valence-electron chi connectivity index (χ2n) is 7.35. The average molecular weight is 262 g/mol. The third-order valence-electron chi connectivity index (χ3n) is 6.18. The topological polar surface area (TPSA) is 0 Å². The van der Waals surface area contributed by atoms with E-state index in [1.165, 1.54) is 64.2 Å². The van der Waals surface area contributed by atoms with Gasteiger partial charge in [0.1, 0.15) is 0 Å². The van der Waals surface area contributed by atoms with Crippen molar-refractivity contribution in [2.24, 2.45) is 29.6 Å². The quantitative estimate of drug-likeness (QED) is 0.516. The van der Waals surface area contributed by atoms with E-state index in [1.807, 2.05) is 0 Å². The molecule has 0 aromatic rings. The highest BCUT2D eigenvalue weighted by Gasteiger charge is 2.31. The van der Waals surface area contributed by atoms with Crippen molar-refractivity contribution >= 4 is 0 Å². The summed E-state index contributed by atoms with van der Waals surface area (Å²) in [4.78, 5) is 0. The van der Waals surface area contributed by atoms with Gasteiger partial charge in [0.25, 0.3) is 0 Å². The molecule has 0 bridgehead atoms. The Morgan fingerprint density at radius 1 is 0.947 bits per heavy atom. The van der Waals surface area contributed by atoms with E-state index < -0.39 is 0 Å². The number of allylic oxidation sites excluding steroid dienone is 1. The molecule has 0 aliphatic heterocycles. The van der Waals surface area contributed by atoms with Gasteiger partial charge in [-0.25, -0.2) is 0 Å². The van der Waals surface area contributed by atoms with Crippen LogP contribution in [0.5, 0.6) is 0 Å². The van der Waals surface area contributed by atoms with E-state index in [0.29, 0.717) is 0 Å². The largest absolute Gasteiger partial charge is 0.103 e. The molecule has 2 saturated carbocycles. The van der Waals surface area contributed by atoms with Gasteiger partial charge < -0.3 is 0 Å². The van der Waals surface area contributed by atoms with Gasteiger partial charge in [-0.05, 0) is 81.0 Å². The fraction of sp³-hybridized carbons (Fsp3) is 0.895. The molecule has 0 amide bonds. The Morgan fingerprint density at radius 3 is 1.95 bits per heavy atom. The molecule has 1 unspecified atom stereocenters. The second kappa shape index (κ2) is 7.50. The van der Waals surface area contributed by atoms with Crippen LogP contribution >= 0.6 is 0 Å². The lowest BCUT2D eigenvalue weighted by Gasteiger charge is -2.38. The maximum absolute atomic E-state index is 3.97. The van der Waals surface area contributed by atoms with Crippen molar-refractivity contribution in [1.29, 1.82) is 0 Å². The van der Waals surface area contributed by atoms with Crippen molar-refractivity contribution in [2.45, 2.75) is 78.1 Å². The lowest BCUT2D eigenvalue weighted by Crippen LogP contribution is -2.27. The van der Waals surface area contributed by atoms with Crippen LogP contribution in [0.2, 0.25) is 0 Å². The molecule has 110 valence electrons. The zero-order valence-corrected chi connectivity index (χ0v) is 13.2. The fourth-order valence-corrected chi connectivity index (χ4v) is 4.73. The van der Waals surface area contributed by atoms with Crippen molar-refractivity contribution < 1.29 is 0 Å². The highest BCUT2D eigenvalue weighted by atomic mass is 14.4. The van der Waals surface area contributed by atoms with Crippen molar-refractivity contribution in [3.05, 3.63) is 12.7 Å². The summed E-state index contributed by atoms with van der Waals surface area (Å²) in [6, 6.07) is 0. The summed E-state index contributed by atoms with van der Waals surface area (Å²) in [6.07, 6.45) is 16.9. The van der Waals surface area contributed by atoms with Crippen LogP contribution in [-0.2, 0) is 0 Å². The van der Waals surface area contributed by atoms with Crippen LogP contribution in [0.25, 0.3) is 0 Å². The molecule has 0 aromatic carbocycles. The molecule has 2 aliphatic carbocycles. The average Bonchev–Trinajstić information content (AvgIpc) is 2.48. The Morgan fingerprint density at radius 2 is 1.47 bits per heavy atom. The Balaban J connectivity index is 1.73. The van der Waals surface area contributed by atoms with Crippen molar-refractivity contribution in [1.82, 2.24) is 0 Å². The monoisotopic (exact) mass is 262 g/mol. The maximum atomic E-state index is 3.97. The number of rotatable bonds is 5. The van der Waals surface area contributed by atoms with E-state index in [2.05, 4.69) is 26.5 Å². The van der Waals surface area contributed by atoms with Crippen LogP contribution < -0.4 is 0 Å². The lowest BCUT2D eigenvalue weighted by molar-refractivity contribution is 0.133. The molecule has 0 heteroatoms. The van der Waals surface area contributed by atoms with Crippen LogP contribution in [-0.4, -0.2) is 0 Å². The van der Waals surface area contributed by atoms with Crippen LogP contribution in [0.4, 0.5) is 0 Å². The van der Waals surface area contributed by atoms with Crippen LogP contribution in [0.15, 0.2) is 12.7 Å². The standard InChI is InChI=1S/C19H34/c1-4-6-15(3)17-11-13-19(14-12-17)18-9-7-16(5-2)8-10-18/h5,15-19H,2,4,6-14H2,1,3H3. The van der Waals surface area contributed by atoms with E-state index in [1.54, 1.807) is 0 Å². The van der Waals surface area contributed by atoms with Crippen LogP contribution in [0, 0.1) is 29.6 Å². The molecule has 0 aromatic heterocycles. The van der Waals surface area contributed by atoms with Crippen LogP contribution in [0.1, 0.15) is 78.1 Å². The molecule has 0 N–H and O–H groups in total. The molecule has 1 atom stereocenters. The summed E-state index contributed by atoms with van der Waals surface area (Å²) < 4.78 is 0. The first kappa shape index (κ1) is 15.1. The predicted molar refractivity (Wildman–Crippen MR) is 85.2 cm³/mol. The first-order valence-electron chi connectivity index (χ1n) is 8.87. The Bertz CT molecular complexity index is 251. The molecule has 0 radical (unpaired) electrons. The Hall–Kier alpha value is -0.260. The summed E-state index contributed by atoms with van der Waals surface area (Å²) in [7, 11) is 0. The zero-order valence-electron chi connectivity index (χ0n) is 13.2. The van der Waals surface area contributed by atoms with Gasteiger partial charge in [-0.3, -0.25) is 0 Å². The molecule has 0 heterocycles. The molecule has 0 nitrogen and oxygen atoms in total. The summed E-state index contributed by atoms with van der Waals surface area (Å²) >= 11 is 0. The number of hydrogen-bond acceptors (Lipinski definition) is 0. The van der Waals surface area contributed by atoms with Gasteiger partial charge in [0.2, 0.25) is 0 Å². The number of hydrogen-bond donors (Lipinski definition) is 0. The zero-order chi connectivity index (χ0) is 13.7. The van der Waals surface area contributed by atoms with Gasteiger partial charge in [-0.2, -0.15) is 0 Å². The van der Waals surface area contributed by atoms with Gasteiger partial charge in [0, 0.05) is 0 Å². The molecule has 2 rings (SSSR count). The summed E-state index contributed by atoms with van der Waals surface area (Å²) in [5.74, 6) is 4.97. The minimum atomic E-state index is 0.831. The molecular formula is C19H34. The lowest BCUT2D eigenvalue weighted by atomic mass is 9.67. The van der Waals surface area contributed by atoms with E-state index in [-0.39, 0.29) is 0 Å². The SMILES string of the molecule is C=CC1CCC(C2CCC(C(C)CCC)CC2)CC1. The fourth-order valence-electron chi connectivity index (χ4n) is 4.73. The van der Waals surface area contributed by atoms with Crippen molar-refractivity contribution in [3.63, 3.8) is 0 Å². The minimum Gasteiger partial charge on any atom is -0.103 e. The summed E-state index contributed by atoms with van der Waals surface area (Å²) in [6.45, 7) is 8.79. The van der Waals surface area contributed by atoms with Crippen LogP contribution in [0.3, 0.4) is 0 Å². The second-order valence-corrected chi connectivity index (χ2v) is 7.35. The first-order valence-corrected chi connectivity index (χ1v) is 8.87. The predicted octanol–water partition coefficient (Wildman–Crippen LogP) is 6.22. The molecule has 2 fully saturated rings. The van der Waals surface area contributed by atoms with Gasteiger partial charge >= 0.3 is 0 Å². The van der Waals surface area contributed by atoms with E-state index in [0.717, 1.165) is 29.6 Å². The summed E-state index contributed by atoms with van der Waals surface area (Å²) in [5, 5.41) is 0. The van der Waals surface area contributed by atoms with E-state index in [4.69, 9.17) is 0 Å². The van der Waals surface area contributed by atoms with Crippen molar-refractivity contribution in [2.75, 3.05) is 0 Å². The first-order chi connectivity index (χ1) is 9.24. The van der Waals surface area contributed by atoms with Crippen molar-refractivity contribution in [3.8, 4) is 0 Å². The molecular weight excluding hydrogens is 228 g/mol. The van der Waals surface area contributed by atoms with Gasteiger partial charge in [0.05, 0.1) is 0 Å². The van der Waals surface area contributed by atoms with E-state index >= 15 is 0 Å². The smallest absolute Gasteiger partial charge is 0.0236 e. The molecule has 0 saturated heterocycles. The molecule has 2 aliphatic rings. The normalized spacial score (nSPS) is 37.8. The molecule has 0 spiro atoms. The highest BCUT2D eigenvalue weighted by Crippen LogP contribution is 2.43. The minimum absolute atomic E-state index is 0.831. The molecule has 19 heavy (non-hydrogen) atoms. The third-order valence-corrected chi connectivity index (χ3v) is 6.18. The maximum Gasteiger partial charge on any atom is -0.0236 e. The Kier molecular flexibility index (Phi) is 5.98. The Labute approximate surface area is 121 Å². The van der Waals surface area contributed by atoms with E-state index in [9.17, 15) is 0 Å². The third kappa shape index (κ3) is 4.10. The van der Waals surface area contributed by atoms with Gasteiger partial charge in [0.15, 0.2) is 0 Å². The highest BCUT2D eigenvalue weighted by molar-refractivity contribution is 4.87. The summed E-state index contributed by atoms with van der Waals surface area (Å²) in [5.41, 5.74) is 0. The van der Waals surface area contributed by atoms with Gasteiger partial charge in [-0.1, -0.05) is 32.8 Å².